The van der Waals surface area contributed by atoms with Gasteiger partial charge in [-0.15, -0.1) is 5.10 Å². The van der Waals surface area contributed by atoms with Gasteiger partial charge < -0.3 is 0 Å². The Labute approximate surface area is 113 Å². The fraction of sp³-hybridized carbons (Fsp3) is 0.846. The third kappa shape index (κ3) is 5.19. The molecule has 0 aliphatic rings. The summed E-state index contributed by atoms with van der Waals surface area (Å²) in [5.41, 5.74) is 1.50. The second-order valence-corrected chi connectivity index (χ2v) is 6.60. The van der Waals surface area contributed by atoms with Crippen LogP contribution in [0.15, 0.2) is 4.60 Å². The minimum absolute atomic E-state index is 0.269. The number of aromatic nitrogens is 3. The molecular formula is C13H24BrN3. The Balaban J connectivity index is 2.60. The predicted octanol–water partition coefficient (Wildman–Crippen LogP) is 4.21. The van der Waals surface area contributed by atoms with Gasteiger partial charge in [-0.25, -0.2) is 4.68 Å². The smallest absolute Gasteiger partial charge is 0.151 e. The first-order valence-corrected chi connectivity index (χ1v) is 7.31. The average Bonchev–Trinajstić information content (AvgIpc) is 2.54. The van der Waals surface area contributed by atoms with Crippen molar-refractivity contribution in [1.82, 2.24) is 15.0 Å². The highest BCUT2D eigenvalue weighted by Crippen LogP contribution is 2.24. The fourth-order valence-electron chi connectivity index (χ4n) is 1.85. The Bertz CT molecular complexity index is 339. The molecule has 1 aromatic heterocycles. The minimum Gasteiger partial charge on any atom is -0.248 e. The maximum Gasteiger partial charge on any atom is 0.151 e. The lowest BCUT2D eigenvalue weighted by Crippen LogP contribution is -2.15. The zero-order chi connectivity index (χ0) is 12.9. The van der Waals surface area contributed by atoms with Crippen molar-refractivity contribution in [1.29, 1.82) is 0 Å². The molecule has 0 N–H and O–H groups in total. The summed E-state index contributed by atoms with van der Waals surface area (Å²) in [6.07, 6.45) is 6.07. The zero-order valence-electron chi connectivity index (χ0n) is 11.5. The Morgan fingerprint density at radius 3 is 2.47 bits per heavy atom. The van der Waals surface area contributed by atoms with Crippen LogP contribution in [0.25, 0.3) is 0 Å². The molecule has 4 heteroatoms. The lowest BCUT2D eigenvalue weighted by atomic mass is 9.91. The standard InChI is InChI=1S/C13H24BrN3/c1-5-6-7-8-9-17-11(10-13(2,3)4)12(14)15-16-17/h5-10H2,1-4H3. The van der Waals surface area contributed by atoms with E-state index in [0.717, 1.165) is 17.6 Å². The van der Waals surface area contributed by atoms with E-state index in [-0.39, 0.29) is 5.41 Å². The molecule has 0 unspecified atom stereocenters. The van der Waals surface area contributed by atoms with Crippen LogP contribution in [0.4, 0.5) is 0 Å². The van der Waals surface area contributed by atoms with Gasteiger partial charge in [0.05, 0.1) is 5.69 Å². The van der Waals surface area contributed by atoms with Crippen molar-refractivity contribution in [3.8, 4) is 0 Å². The number of halogens is 1. The highest BCUT2D eigenvalue weighted by molar-refractivity contribution is 9.10. The molecule has 98 valence electrons. The van der Waals surface area contributed by atoms with Gasteiger partial charge in [0.2, 0.25) is 0 Å². The average molecular weight is 302 g/mol. The first kappa shape index (κ1) is 14.7. The summed E-state index contributed by atoms with van der Waals surface area (Å²) >= 11 is 3.50. The van der Waals surface area contributed by atoms with Gasteiger partial charge in [0.1, 0.15) is 0 Å². The Kier molecular flexibility index (Phi) is 5.63. The van der Waals surface area contributed by atoms with E-state index >= 15 is 0 Å². The van der Waals surface area contributed by atoms with Crippen LogP contribution in [0, 0.1) is 5.41 Å². The Morgan fingerprint density at radius 2 is 1.88 bits per heavy atom. The van der Waals surface area contributed by atoms with Crippen LogP contribution in [0.1, 0.15) is 59.1 Å². The number of hydrogen-bond donors (Lipinski definition) is 0. The Hall–Kier alpha value is -0.380. The van der Waals surface area contributed by atoms with Crippen molar-refractivity contribution in [2.75, 3.05) is 0 Å². The zero-order valence-corrected chi connectivity index (χ0v) is 13.0. The normalized spacial score (nSPS) is 12.1. The highest BCUT2D eigenvalue weighted by Gasteiger charge is 2.18. The van der Waals surface area contributed by atoms with Crippen LogP contribution in [-0.2, 0) is 13.0 Å². The predicted molar refractivity (Wildman–Crippen MR) is 75.0 cm³/mol. The van der Waals surface area contributed by atoms with Crippen molar-refractivity contribution in [3.63, 3.8) is 0 Å². The Morgan fingerprint density at radius 1 is 1.18 bits per heavy atom. The van der Waals surface area contributed by atoms with E-state index < -0.39 is 0 Å². The van der Waals surface area contributed by atoms with Gasteiger partial charge in [-0.2, -0.15) is 0 Å². The summed E-state index contributed by atoms with van der Waals surface area (Å²) in [7, 11) is 0. The number of nitrogens with zero attached hydrogens (tertiary/aromatic N) is 3. The molecule has 0 saturated carbocycles. The van der Waals surface area contributed by atoms with Gasteiger partial charge in [0.15, 0.2) is 4.60 Å². The molecule has 0 amide bonds. The molecule has 3 nitrogen and oxygen atoms in total. The molecule has 0 atom stereocenters. The molecule has 1 aromatic rings. The second kappa shape index (κ2) is 6.53. The highest BCUT2D eigenvalue weighted by atomic mass is 79.9. The van der Waals surface area contributed by atoms with E-state index in [9.17, 15) is 0 Å². The summed E-state index contributed by atoms with van der Waals surface area (Å²) in [4.78, 5) is 0. The quantitative estimate of drug-likeness (QED) is 0.737. The monoisotopic (exact) mass is 301 g/mol. The van der Waals surface area contributed by atoms with E-state index in [0.29, 0.717) is 0 Å². The van der Waals surface area contributed by atoms with Gasteiger partial charge >= 0.3 is 0 Å². The first-order valence-electron chi connectivity index (χ1n) is 6.52. The fourth-order valence-corrected chi connectivity index (χ4v) is 2.26. The molecule has 1 rings (SSSR count). The summed E-state index contributed by atoms with van der Waals surface area (Å²) in [6, 6.07) is 0. The van der Waals surface area contributed by atoms with Crippen molar-refractivity contribution >= 4 is 15.9 Å². The van der Waals surface area contributed by atoms with Crippen molar-refractivity contribution in [2.24, 2.45) is 5.41 Å². The maximum atomic E-state index is 4.22. The van der Waals surface area contributed by atoms with Gasteiger partial charge in [0.25, 0.3) is 0 Å². The molecule has 1 heterocycles. The van der Waals surface area contributed by atoms with E-state index in [2.05, 4.69) is 58.6 Å². The van der Waals surface area contributed by atoms with Crippen LogP contribution in [0.3, 0.4) is 0 Å². The largest absolute Gasteiger partial charge is 0.248 e. The molecule has 17 heavy (non-hydrogen) atoms. The van der Waals surface area contributed by atoms with Crippen LogP contribution >= 0.6 is 15.9 Å². The molecule has 0 spiro atoms. The lowest BCUT2D eigenvalue weighted by Gasteiger charge is -2.18. The number of hydrogen-bond acceptors (Lipinski definition) is 2. The van der Waals surface area contributed by atoms with Crippen molar-refractivity contribution in [3.05, 3.63) is 10.3 Å². The van der Waals surface area contributed by atoms with Gasteiger partial charge in [-0.3, -0.25) is 0 Å². The molecule has 0 radical (unpaired) electrons. The third-order valence-corrected chi connectivity index (χ3v) is 3.33. The topological polar surface area (TPSA) is 30.7 Å². The SMILES string of the molecule is CCCCCCn1nnc(Br)c1CC(C)(C)C. The lowest BCUT2D eigenvalue weighted by molar-refractivity contribution is 0.387. The molecule has 0 fully saturated rings. The molecular weight excluding hydrogens is 278 g/mol. The van der Waals surface area contributed by atoms with Gasteiger partial charge in [0, 0.05) is 6.54 Å². The summed E-state index contributed by atoms with van der Waals surface area (Å²) in [6.45, 7) is 9.96. The molecule has 0 saturated heterocycles. The van der Waals surface area contributed by atoms with Gasteiger partial charge in [-0.1, -0.05) is 52.2 Å². The van der Waals surface area contributed by atoms with Crippen molar-refractivity contribution < 1.29 is 0 Å². The van der Waals surface area contributed by atoms with E-state index in [1.807, 2.05) is 0 Å². The maximum absolute atomic E-state index is 4.22. The van der Waals surface area contributed by atoms with Crippen molar-refractivity contribution in [2.45, 2.75) is 66.3 Å². The van der Waals surface area contributed by atoms with E-state index in [1.54, 1.807) is 0 Å². The van der Waals surface area contributed by atoms with E-state index in [1.165, 1.54) is 31.4 Å². The summed E-state index contributed by atoms with van der Waals surface area (Å²) in [5, 5.41) is 8.35. The summed E-state index contributed by atoms with van der Waals surface area (Å²) in [5.74, 6) is 0. The van der Waals surface area contributed by atoms with Crippen LogP contribution in [-0.4, -0.2) is 15.0 Å². The van der Waals surface area contributed by atoms with Crippen LogP contribution < -0.4 is 0 Å². The number of rotatable bonds is 6. The molecule has 0 aliphatic heterocycles. The molecule has 0 bridgehead atoms. The molecule has 0 aromatic carbocycles. The van der Waals surface area contributed by atoms with Crippen LogP contribution in [0.2, 0.25) is 0 Å². The number of aryl methyl sites for hydroxylation is 1. The summed E-state index contributed by atoms with van der Waals surface area (Å²) < 4.78 is 2.97. The minimum atomic E-state index is 0.269. The first-order chi connectivity index (χ1) is 7.94. The van der Waals surface area contributed by atoms with Gasteiger partial charge in [-0.05, 0) is 34.2 Å². The van der Waals surface area contributed by atoms with Crippen LogP contribution in [0.5, 0.6) is 0 Å². The van der Waals surface area contributed by atoms with E-state index in [4.69, 9.17) is 0 Å². The molecule has 0 aliphatic carbocycles. The number of unbranched alkanes of at least 4 members (excludes halogenated alkanes) is 3. The third-order valence-electron chi connectivity index (χ3n) is 2.71. The second-order valence-electron chi connectivity index (χ2n) is 5.85.